The van der Waals surface area contributed by atoms with Gasteiger partial charge in [0.15, 0.2) is 5.76 Å². The minimum atomic E-state index is -0.159. The Balaban J connectivity index is 2.26. The Bertz CT molecular complexity index is 516. The molecule has 0 saturated heterocycles. The zero-order chi connectivity index (χ0) is 13.0. The summed E-state index contributed by atoms with van der Waals surface area (Å²) in [6.07, 6.45) is 2.45. The molecule has 1 N–H and O–H groups in total. The average molecular weight is 243 g/mol. The van der Waals surface area contributed by atoms with Gasteiger partial charge in [0.25, 0.3) is 5.91 Å². The summed E-state index contributed by atoms with van der Waals surface area (Å²) in [6, 6.07) is 11.7. The first-order valence-corrected chi connectivity index (χ1v) is 6.16. The van der Waals surface area contributed by atoms with Crippen LogP contribution in [0.4, 0.5) is 0 Å². The van der Waals surface area contributed by atoms with E-state index < -0.39 is 0 Å². The van der Waals surface area contributed by atoms with E-state index in [2.05, 4.69) is 5.32 Å². The molecule has 0 unspecified atom stereocenters. The van der Waals surface area contributed by atoms with Gasteiger partial charge in [-0.25, -0.2) is 0 Å². The second-order valence-electron chi connectivity index (χ2n) is 4.31. The largest absolute Gasteiger partial charge is 0.459 e. The zero-order valence-corrected chi connectivity index (χ0v) is 10.6. The van der Waals surface area contributed by atoms with E-state index in [0.717, 1.165) is 17.5 Å². The molecule has 0 fully saturated rings. The molecule has 1 aromatic heterocycles. The van der Waals surface area contributed by atoms with Crippen LogP contribution in [0, 0.1) is 0 Å². The lowest BCUT2D eigenvalue weighted by atomic mass is 10.1. The smallest absolute Gasteiger partial charge is 0.287 e. The topological polar surface area (TPSA) is 42.2 Å². The van der Waals surface area contributed by atoms with Crippen LogP contribution in [-0.2, 0) is 0 Å². The van der Waals surface area contributed by atoms with Gasteiger partial charge in [0.05, 0.1) is 6.26 Å². The number of furan rings is 1. The van der Waals surface area contributed by atoms with Crippen molar-refractivity contribution in [1.29, 1.82) is 0 Å². The van der Waals surface area contributed by atoms with E-state index in [9.17, 15) is 4.79 Å². The first-order chi connectivity index (χ1) is 8.72. The standard InChI is InChI=1S/C15H17NO2/c1-3-11(2)16-15(17)14-13(9-10-18-14)12-7-5-4-6-8-12/h4-11H,3H2,1-2H3,(H,16,17)/t11-/m1/s1. The monoisotopic (exact) mass is 243 g/mol. The number of hydrogen-bond donors (Lipinski definition) is 1. The molecule has 3 nitrogen and oxygen atoms in total. The van der Waals surface area contributed by atoms with Gasteiger partial charge in [-0.05, 0) is 25.0 Å². The highest BCUT2D eigenvalue weighted by atomic mass is 16.3. The highest BCUT2D eigenvalue weighted by Gasteiger charge is 2.17. The minimum Gasteiger partial charge on any atom is -0.459 e. The molecule has 94 valence electrons. The second kappa shape index (κ2) is 5.54. The van der Waals surface area contributed by atoms with E-state index in [0.29, 0.717) is 5.76 Å². The summed E-state index contributed by atoms with van der Waals surface area (Å²) in [5, 5.41) is 2.91. The van der Waals surface area contributed by atoms with Crippen LogP contribution >= 0.6 is 0 Å². The average Bonchev–Trinajstić information content (AvgIpc) is 2.88. The van der Waals surface area contributed by atoms with Crippen LogP contribution < -0.4 is 5.32 Å². The number of carbonyl (C=O) groups excluding carboxylic acids is 1. The number of nitrogens with one attached hydrogen (secondary N) is 1. The normalized spacial score (nSPS) is 12.1. The van der Waals surface area contributed by atoms with E-state index in [-0.39, 0.29) is 11.9 Å². The summed E-state index contributed by atoms with van der Waals surface area (Å²) in [7, 11) is 0. The van der Waals surface area contributed by atoms with Gasteiger partial charge in [-0.1, -0.05) is 37.3 Å². The Morgan fingerprint density at radius 3 is 2.67 bits per heavy atom. The first-order valence-electron chi connectivity index (χ1n) is 6.16. The molecule has 18 heavy (non-hydrogen) atoms. The van der Waals surface area contributed by atoms with Gasteiger partial charge >= 0.3 is 0 Å². The summed E-state index contributed by atoms with van der Waals surface area (Å²) in [4.78, 5) is 12.1. The lowest BCUT2D eigenvalue weighted by Crippen LogP contribution is -2.31. The van der Waals surface area contributed by atoms with Crippen molar-refractivity contribution in [3.05, 3.63) is 48.4 Å². The van der Waals surface area contributed by atoms with Crippen molar-refractivity contribution < 1.29 is 9.21 Å². The molecule has 1 amide bonds. The van der Waals surface area contributed by atoms with Gasteiger partial charge in [0.1, 0.15) is 0 Å². The third-order valence-corrected chi connectivity index (χ3v) is 2.95. The van der Waals surface area contributed by atoms with Gasteiger partial charge in [-0.3, -0.25) is 4.79 Å². The lowest BCUT2D eigenvalue weighted by Gasteiger charge is -2.10. The molecular weight excluding hydrogens is 226 g/mol. The van der Waals surface area contributed by atoms with Gasteiger partial charge in [-0.15, -0.1) is 0 Å². The summed E-state index contributed by atoms with van der Waals surface area (Å²) in [6.45, 7) is 4.01. The number of hydrogen-bond acceptors (Lipinski definition) is 2. The quantitative estimate of drug-likeness (QED) is 0.893. The SMILES string of the molecule is CC[C@@H](C)NC(=O)c1occc1-c1ccccc1. The van der Waals surface area contributed by atoms with Gasteiger partial charge in [-0.2, -0.15) is 0 Å². The Morgan fingerprint density at radius 1 is 1.28 bits per heavy atom. The van der Waals surface area contributed by atoms with Gasteiger partial charge in [0, 0.05) is 11.6 Å². The number of amides is 1. The predicted molar refractivity (Wildman–Crippen MR) is 71.4 cm³/mol. The van der Waals surface area contributed by atoms with Crippen LogP contribution in [0.15, 0.2) is 47.1 Å². The highest BCUT2D eigenvalue weighted by molar-refractivity contribution is 5.98. The molecule has 0 aliphatic carbocycles. The number of rotatable bonds is 4. The van der Waals surface area contributed by atoms with Crippen LogP contribution in [-0.4, -0.2) is 11.9 Å². The molecule has 0 radical (unpaired) electrons. The maximum absolute atomic E-state index is 12.1. The third-order valence-electron chi connectivity index (χ3n) is 2.95. The Morgan fingerprint density at radius 2 is 2.00 bits per heavy atom. The summed E-state index contributed by atoms with van der Waals surface area (Å²) < 4.78 is 5.31. The van der Waals surface area contributed by atoms with E-state index >= 15 is 0 Å². The number of carbonyl (C=O) groups is 1. The fraction of sp³-hybridized carbons (Fsp3) is 0.267. The fourth-order valence-electron chi connectivity index (χ4n) is 1.72. The molecule has 1 aromatic carbocycles. The Kier molecular flexibility index (Phi) is 3.82. The van der Waals surface area contributed by atoms with Crippen molar-refractivity contribution in [2.45, 2.75) is 26.3 Å². The molecule has 1 atom stereocenters. The van der Waals surface area contributed by atoms with Crippen molar-refractivity contribution in [3.63, 3.8) is 0 Å². The van der Waals surface area contributed by atoms with Crippen molar-refractivity contribution in [1.82, 2.24) is 5.32 Å². The third kappa shape index (κ3) is 2.62. The highest BCUT2D eigenvalue weighted by Crippen LogP contribution is 2.24. The Hall–Kier alpha value is -2.03. The van der Waals surface area contributed by atoms with E-state index in [1.807, 2.05) is 50.2 Å². The van der Waals surface area contributed by atoms with Gasteiger partial charge in [0.2, 0.25) is 0 Å². The predicted octanol–water partition coefficient (Wildman–Crippen LogP) is 3.47. The van der Waals surface area contributed by atoms with Crippen LogP contribution in [0.2, 0.25) is 0 Å². The summed E-state index contributed by atoms with van der Waals surface area (Å²) in [5.74, 6) is 0.217. The molecule has 2 aromatic rings. The van der Waals surface area contributed by atoms with Crippen LogP contribution in [0.3, 0.4) is 0 Å². The van der Waals surface area contributed by atoms with Crippen molar-refractivity contribution in [2.24, 2.45) is 0 Å². The zero-order valence-electron chi connectivity index (χ0n) is 10.6. The fourth-order valence-corrected chi connectivity index (χ4v) is 1.72. The molecule has 1 heterocycles. The maximum atomic E-state index is 12.1. The van der Waals surface area contributed by atoms with E-state index in [1.54, 1.807) is 6.26 Å². The maximum Gasteiger partial charge on any atom is 0.287 e. The summed E-state index contributed by atoms with van der Waals surface area (Å²) >= 11 is 0. The van der Waals surface area contributed by atoms with Crippen molar-refractivity contribution >= 4 is 5.91 Å². The van der Waals surface area contributed by atoms with Crippen molar-refractivity contribution in [2.75, 3.05) is 0 Å². The van der Waals surface area contributed by atoms with Crippen LogP contribution in [0.5, 0.6) is 0 Å². The molecule has 2 rings (SSSR count). The molecule has 0 aliphatic heterocycles. The van der Waals surface area contributed by atoms with Crippen molar-refractivity contribution in [3.8, 4) is 11.1 Å². The summed E-state index contributed by atoms with van der Waals surface area (Å²) in [5.41, 5.74) is 1.82. The lowest BCUT2D eigenvalue weighted by molar-refractivity contribution is 0.0912. The molecular formula is C15H17NO2. The molecule has 0 saturated carbocycles. The van der Waals surface area contributed by atoms with Crippen LogP contribution in [0.1, 0.15) is 30.8 Å². The first kappa shape index (κ1) is 12.4. The minimum absolute atomic E-state index is 0.145. The van der Waals surface area contributed by atoms with E-state index in [4.69, 9.17) is 4.42 Å². The van der Waals surface area contributed by atoms with E-state index in [1.165, 1.54) is 0 Å². The molecule has 0 spiro atoms. The van der Waals surface area contributed by atoms with Crippen LogP contribution in [0.25, 0.3) is 11.1 Å². The number of benzene rings is 1. The van der Waals surface area contributed by atoms with Gasteiger partial charge < -0.3 is 9.73 Å². The molecule has 0 aliphatic rings. The second-order valence-corrected chi connectivity index (χ2v) is 4.31. The Labute approximate surface area is 107 Å². The molecule has 3 heteroatoms. The molecule has 0 bridgehead atoms.